The summed E-state index contributed by atoms with van der Waals surface area (Å²) < 4.78 is 0. The fourth-order valence-corrected chi connectivity index (χ4v) is 2.85. The Morgan fingerprint density at radius 3 is 1.71 bits per heavy atom. The van der Waals surface area contributed by atoms with Crippen molar-refractivity contribution < 1.29 is 5.11 Å². The molecule has 0 bridgehead atoms. The van der Waals surface area contributed by atoms with Gasteiger partial charge in [0.15, 0.2) is 0 Å². The smallest absolute Gasteiger partial charge is 0.135 e. The molecule has 0 aliphatic carbocycles. The molecule has 0 aromatic heterocycles. The third-order valence-electron chi connectivity index (χ3n) is 4.09. The monoisotopic (exact) mass is 315 g/mol. The predicted octanol–water partition coefficient (Wildman–Crippen LogP) is 4.89. The molecule has 0 aliphatic rings. The van der Waals surface area contributed by atoms with Gasteiger partial charge in [0.25, 0.3) is 0 Å². The minimum atomic E-state index is -0.732. The van der Waals surface area contributed by atoms with Gasteiger partial charge in [0.1, 0.15) is 6.23 Å². The Labute approximate surface area is 143 Å². The highest BCUT2D eigenvalue weighted by Crippen LogP contribution is 2.29. The molecule has 2 N–H and O–H groups in total. The van der Waals surface area contributed by atoms with E-state index >= 15 is 0 Å². The van der Waals surface area contributed by atoms with Crippen LogP contribution in [0.5, 0.6) is 0 Å². The summed E-state index contributed by atoms with van der Waals surface area (Å²) in [5.41, 5.74) is 4.08. The van der Waals surface area contributed by atoms with Crippen LogP contribution in [0.25, 0.3) is 6.08 Å². The molecule has 0 heterocycles. The van der Waals surface area contributed by atoms with Crippen LogP contribution in [0.2, 0.25) is 0 Å². The molecular formula is C22H21NO. The fraction of sp³-hybridized carbons (Fsp3) is 0.0909. The number of anilines is 1. The summed E-state index contributed by atoms with van der Waals surface area (Å²) >= 11 is 0. The lowest BCUT2D eigenvalue weighted by Crippen LogP contribution is -2.28. The number of hydrogen-bond acceptors (Lipinski definition) is 2. The van der Waals surface area contributed by atoms with Crippen molar-refractivity contribution in [2.24, 2.45) is 0 Å². The molecular weight excluding hydrogens is 294 g/mol. The highest BCUT2D eigenvalue weighted by molar-refractivity contribution is 5.54. The van der Waals surface area contributed by atoms with Crippen molar-refractivity contribution in [2.75, 3.05) is 5.32 Å². The second kappa shape index (κ2) is 7.62. The predicted molar refractivity (Wildman–Crippen MR) is 101 cm³/mol. The van der Waals surface area contributed by atoms with Crippen molar-refractivity contribution in [3.05, 3.63) is 108 Å². The molecule has 0 amide bonds. The van der Waals surface area contributed by atoms with E-state index in [1.807, 2.05) is 84.9 Å². The maximum absolute atomic E-state index is 10.9. The molecule has 3 rings (SSSR count). The Kier molecular flexibility index (Phi) is 5.09. The zero-order valence-electron chi connectivity index (χ0n) is 13.5. The van der Waals surface area contributed by atoms with Crippen molar-refractivity contribution in [1.29, 1.82) is 0 Å². The first-order chi connectivity index (χ1) is 11.8. The lowest BCUT2D eigenvalue weighted by atomic mass is 9.89. The molecule has 24 heavy (non-hydrogen) atoms. The zero-order valence-corrected chi connectivity index (χ0v) is 13.5. The Balaban J connectivity index is 1.88. The minimum absolute atomic E-state index is 0.147. The number of aliphatic hydroxyl groups excluding tert-OH is 1. The van der Waals surface area contributed by atoms with Crippen molar-refractivity contribution in [1.82, 2.24) is 0 Å². The van der Waals surface area contributed by atoms with E-state index in [1.165, 1.54) is 0 Å². The second-order valence-electron chi connectivity index (χ2n) is 5.71. The zero-order chi connectivity index (χ0) is 16.8. The Hall–Kier alpha value is -2.84. The van der Waals surface area contributed by atoms with Gasteiger partial charge in [0, 0.05) is 5.69 Å². The number of aliphatic hydroxyl groups is 1. The van der Waals surface area contributed by atoms with Crippen LogP contribution in [0.3, 0.4) is 0 Å². The Bertz CT molecular complexity index is 727. The summed E-state index contributed by atoms with van der Waals surface area (Å²) in [6.07, 6.45) is 1.07. The molecule has 0 radical (unpaired) electrons. The SMILES string of the molecule is C=Cc1ccc(NC(O)C(c2ccccc2)c2ccccc2)cc1. The van der Waals surface area contributed by atoms with Crippen LogP contribution < -0.4 is 5.32 Å². The van der Waals surface area contributed by atoms with Gasteiger partial charge in [-0.05, 0) is 28.8 Å². The lowest BCUT2D eigenvalue weighted by Gasteiger charge is -2.25. The van der Waals surface area contributed by atoms with Crippen LogP contribution in [0.15, 0.2) is 91.5 Å². The molecule has 2 heteroatoms. The van der Waals surface area contributed by atoms with Gasteiger partial charge in [-0.25, -0.2) is 0 Å². The van der Waals surface area contributed by atoms with Gasteiger partial charge in [0.2, 0.25) is 0 Å². The van der Waals surface area contributed by atoms with E-state index < -0.39 is 6.23 Å². The highest BCUT2D eigenvalue weighted by atomic mass is 16.3. The van der Waals surface area contributed by atoms with E-state index in [2.05, 4.69) is 11.9 Å². The number of rotatable bonds is 6. The second-order valence-corrected chi connectivity index (χ2v) is 5.71. The normalized spacial score (nSPS) is 11.9. The van der Waals surface area contributed by atoms with Crippen LogP contribution in [-0.4, -0.2) is 11.3 Å². The van der Waals surface area contributed by atoms with Gasteiger partial charge < -0.3 is 10.4 Å². The van der Waals surface area contributed by atoms with Crippen LogP contribution in [-0.2, 0) is 0 Å². The van der Waals surface area contributed by atoms with Gasteiger partial charge in [-0.2, -0.15) is 0 Å². The summed E-state index contributed by atoms with van der Waals surface area (Å²) in [6.45, 7) is 3.76. The summed E-state index contributed by atoms with van der Waals surface area (Å²) in [6, 6.07) is 28.0. The van der Waals surface area contributed by atoms with Gasteiger partial charge in [-0.3, -0.25) is 0 Å². The molecule has 0 aliphatic heterocycles. The summed E-state index contributed by atoms with van der Waals surface area (Å²) in [5, 5.41) is 14.1. The first-order valence-electron chi connectivity index (χ1n) is 8.05. The molecule has 3 aromatic rings. The molecule has 0 fully saturated rings. The molecule has 1 atom stereocenters. The lowest BCUT2D eigenvalue weighted by molar-refractivity contribution is 0.185. The summed E-state index contributed by atoms with van der Waals surface area (Å²) in [7, 11) is 0. The third kappa shape index (κ3) is 3.73. The first-order valence-corrected chi connectivity index (χ1v) is 8.05. The maximum Gasteiger partial charge on any atom is 0.135 e. The summed E-state index contributed by atoms with van der Waals surface area (Å²) in [5.74, 6) is -0.147. The number of benzene rings is 3. The molecule has 2 nitrogen and oxygen atoms in total. The van der Waals surface area contributed by atoms with Crippen molar-refractivity contribution in [2.45, 2.75) is 12.1 Å². The summed E-state index contributed by atoms with van der Waals surface area (Å²) in [4.78, 5) is 0. The molecule has 0 saturated carbocycles. The third-order valence-corrected chi connectivity index (χ3v) is 4.09. The Morgan fingerprint density at radius 1 is 0.750 bits per heavy atom. The van der Waals surface area contributed by atoms with Gasteiger partial charge >= 0.3 is 0 Å². The average molecular weight is 315 g/mol. The van der Waals surface area contributed by atoms with E-state index in [0.29, 0.717) is 0 Å². The van der Waals surface area contributed by atoms with Crippen molar-refractivity contribution >= 4 is 11.8 Å². The molecule has 1 unspecified atom stereocenters. The average Bonchev–Trinajstić information content (AvgIpc) is 2.64. The van der Waals surface area contributed by atoms with E-state index in [1.54, 1.807) is 6.08 Å². The van der Waals surface area contributed by atoms with Crippen LogP contribution in [0.4, 0.5) is 5.69 Å². The maximum atomic E-state index is 10.9. The van der Waals surface area contributed by atoms with E-state index in [-0.39, 0.29) is 5.92 Å². The first kappa shape index (κ1) is 16.0. The molecule has 0 spiro atoms. The van der Waals surface area contributed by atoms with Crippen molar-refractivity contribution in [3.63, 3.8) is 0 Å². The fourth-order valence-electron chi connectivity index (χ4n) is 2.85. The quantitative estimate of drug-likeness (QED) is 0.635. The Morgan fingerprint density at radius 2 is 1.25 bits per heavy atom. The molecule has 3 aromatic carbocycles. The molecule has 0 saturated heterocycles. The topological polar surface area (TPSA) is 32.3 Å². The van der Waals surface area contributed by atoms with Gasteiger partial charge in [-0.1, -0.05) is 85.5 Å². The van der Waals surface area contributed by atoms with Crippen LogP contribution >= 0.6 is 0 Å². The highest BCUT2D eigenvalue weighted by Gasteiger charge is 2.22. The number of nitrogens with one attached hydrogen (secondary N) is 1. The largest absolute Gasteiger partial charge is 0.373 e. The number of hydrogen-bond donors (Lipinski definition) is 2. The standard InChI is InChI=1S/C22H21NO/c1-2-17-13-15-20(16-14-17)23-22(24)21(18-9-5-3-6-10-18)19-11-7-4-8-12-19/h2-16,21-24H,1H2. The van der Waals surface area contributed by atoms with E-state index in [4.69, 9.17) is 0 Å². The van der Waals surface area contributed by atoms with Crippen LogP contribution in [0.1, 0.15) is 22.6 Å². The van der Waals surface area contributed by atoms with Gasteiger partial charge in [0.05, 0.1) is 5.92 Å². The van der Waals surface area contributed by atoms with E-state index in [9.17, 15) is 5.11 Å². The van der Waals surface area contributed by atoms with Crippen LogP contribution in [0, 0.1) is 0 Å². The minimum Gasteiger partial charge on any atom is -0.373 e. The van der Waals surface area contributed by atoms with E-state index in [0.717, 1.165) is 22.4 Å². The van der Waals surface area contributed by atoms with Crippen molar-refractivity contribution in [3.8, 4) is 0 Å². The van der Waals surface area contributed by atoms with Gasteiger partial charge in [-0.15, -0.1) is 0 Å². The molecule has 120 valence electrons.